The number of Topliss-reactive ketones (excluding diaryl/α,β-unsaturated/α-hetero) is 1. The third kappa shape index (κ3) is 2.10. The number of rotatable bonds is 2. The molecular weight excluding hydrogens is 264 g/mol. The van der Waals surface area contributed by atoms with Gasteiger partial charge in [-0.1, -0.05) is 32.9 Å². The highest BCUT2D eigenvalue weighted by atomic mass is 16.5. The lowest BCUT2D eigenvalue weighted by atomic mass is 9.75. The van der Waals surface area contributed by atoms with Crippen LogP contribution >= 0.6 is 0 Å². The van der Waals surface area contributed by atoms with Crippen LogP contribution < -0.4 is 0 Å². The summed E-state index contributed by atoms with van der Waals surface area (Å²) in [6.07, 6.45) is 0.732. The number of hydrogen-bond acceptors (Lipinski definition) is 3. The Morgan fingerprint density at radius 1 is 1.24 bits per heavy atom. The molecule has 0 spiro atoms. The molecule has 3 heteroatoms. The van der Waals surface area contributed by atoms with E-state index >= 15 is 0 Å². The van der Waals surface area contributed by atoms with Gasteiger partial charge in [-0.3, -0.25) is 4.79 Å². The zero-order chi connectivity index (χ0) is 15.4. The summed E-state index contributed by atoms with van der Waals surface area (Å²) in [6, 6.07) is 7.57. The minimum atomic E-state index is -0.320. The van der Waals surface area contributed by atoms with Gasteiger partial charge >= 0.3 is 5.97 Å². The summed E-state index contributed by atoms with van der Waals surface area (Å²) in [7, 11) is 1.38. The Balaban J connectivity index is 1.91. The third-order valence-electron chi connectivity index (χ3n) is 5.71. The molecule has 0 aliphatic heterocycles. The monoisotopic (exact) mass is 286 g/mol. The van der Waals surface area contributed by atoms with Gasteiger partial charge in [-0.15, -0.1) is 0 Å². The van der Waals surface area contributed by atoms with Gasteiger partial charge in [0.05, 0.1) is 12.7 Å². The normalized spacial score (nSPS) is 33.2. The van der Waals surface area contributed by atoms with E-state index in [2.05, 4.69) is 13.8 Å². The number of benzene rings is 1. The van der Waals surface area contributed by atoms with E-state index in [4.69, 9.17) is 4.74 Å². The molecule has 4 atom stereocenters. The number of hydrogen-bond donors (Lipinski definition) is 0. The van der Waals surface area contributed by atoms with Crippen molar-refractivity contribution in [2.75, 3.05) is 7.11 Å². The van der Waals surface area contributed by atoms with Gasteiger partial charge in [0.2, 0.25) is 0 Å². The van der Waals surface area contributed by atoms with E-state index in [-0.39, 0.29) is 23.2 Å². The molecule has 0 bridgehead atoms. The molecule has 21 heavy (non-hydrogen) atoms. The van der Waals surface area contributed by atoms with Crippen molar-refractivity contribution in [1.82, 2.24) is 0 Å². The fourth-order valence-electron chi connectivity index (χ4n) is 4.26. The maximum absolute atomic E-state index is 12.3. The topological polar surface area (TPSA) is 43.4 Å². The van der Waals surface area contributed by atoms with Crippen LogP contribution in [0, 0.1) is 23.2 Å². The smallest absolute Gasteiger partial charge is 0.337 e. The molecule has 0 N–H and O–H groups in total. The molecule has 112 valence electrons. The lowest BCUT2D eigenvalue weighted by Gasteiger charge is -2.28. The number of methoxy groups -OCH3 is 1. The van der Waals surface area contributed by atoms with Crippen LogP contribution in [0.1, 0.15) is 49.0 Å². The van der Waals surface area contributed by atoms with E-state index in [9.17, 15) is 9.59 Å². The molecule has 1 aromatic carbocycles. The highest BCUT2D eigenvalue weighted by Crippen LogP contribution is 2.69. The third-order valence-corrected chi connectivity index (χ3v) is 5.71. The van der Waals surface area contributed by atoms with Crippen molar-refractivity contribution in [3.8, 4) is 0 Å². The number of ether oxygens (including phenoxy) is 1. The summed E-state index contributed by atoms with van der Waals surface area (Å²) < 4.78 is 4.73. The number of fused-ring (bicyclic) bond motifs is 1. The summed E-state index contributed by atoms with van der Waals surface area (Å²) in [5.41, 5.74) is 1.98. The second-order valence-electron chi connectivity index (χ2n) is 7.05. The molecule has 2 aliphatic carbocycles. The Hall–Kier alpha value is -1.64. The molecule has 3 rings (SSSR count). The van der Waals surface area contributed by atoms with Crippen LogP contribution in [0.4, 0.5) is 0 Å². The maximum Gasteiger partial charge on any atom is 0.337 e. The van der Waals surface area contributed by atoms with Crippen molar-refractivity contribution in [3.05, 3.63) is 35.4 Å². The number of carbonyl (C=O) groups excluding carboxylic acids is 2. The molecule has 0 amide bonds. The van der Waals surface area contributed by atoms with Gasteiger partial charge in [-0.2, -0.15) is 0 Å². The van der Waals surface area contributed by atoms with E-state index in [1.165, 1.54) is 12.7 Å². The van der Waals surface area contributed by atoms with Crippen LogP contribution in [-0.4, -0.2) is 18.9 Å². The Kier molecular flexibility index (Phi) is 3.19. The van der Waals surface area contributed by atoms with Crippen molar-refractivity contribution in [1.29, 1.82) is 0 Å². The van der Waals surface area contributed by atoms with Crippen LogP contribution in [0.3, 0.4) is 0 Å². The fraction of sp³-hybridized carbons (Fsp3) is 0.556. The second kappa shape index (κ2) is 4.69. The molecule has 2 fully saturated rings. The molecule has 0 saturated heterocycles. The number of carbonyl (C=O) groups is 2. The van der Waals surface area contributed by atoms with E-state index in [1.807, 2.05) is 19.1 Å². The molecule has 2 aliphatic rings. The predicted molar refractivity (Wildman–Crippen MR) is 80.1 cm³/mol. The number of esters is 1. The largest absolute Gasteiger partial charge is 0.465 e. The van der Waals surface area contributed by atoms with Crippen LogP contribution in [0.15, 0.2) is 24.3 Å². The first-order valence-electron chi connectivity index (χ1n) is 7.59. The predicted octanol–water partition coefficient (Wildman–Crippen LogP) is 3.44. The Morgan fingerprint density at radius 2 is 1.86 bits per heavy atom. The van der Waals surface area contributed by atoms with E-state index in [0.717, 1.165) is 6.42 Å². The Morgan fingerprint density at radius 3 is 2.43 bits per heavy atom. The first-order chi connectivity index (χ1) is 9.87. The van der Waals surface area contributed by atoms with Gasteiger partial charge in [0, 0.05) is 12.3 Å². The quantitative estimate of drug-likeness (QED) is 0.782. The molecular formula is C18H22O3. The second-order valence-corrected chi connectivity index (χ2v) is 7.05. The van der Waals surface area contributed by atoms with Crippen LogP contribution in [0.2, 0.25) is 0 Å². The average molecular weight is 286 g/mol. The van der Waals surface area contributed by atoms with E-state index in [0.29, 0.717) is 23.2 Å². The lowest BCUT2D eigenvalue weighted by molar-refractivity contribution is -0.125. The summed E-state index contributed by atoms with van der Waals surface area (Å²) in [4.78, 5) is 23.8. The van der Waals surface area contributed by atoms with Crippen molar-refractivity contribution in [3.63, 3.8) is 0 Å². The molecule has 0 radical (unpaired) electrons. The highest BCUT2D eigenvalue weighted by Gasteiger charge is 2.65. The zero-order valence-electron chi connectivity index (χ0n) is 13.1. The van der Waals surface area contributed by atoms with E-state index < -0.39 is 0 Å². The Labute approximate surface area is 125 Å². The molecule has 1 aromatic rings. The molecule has 3 unspecified atom stereocenters. The zero-order valence-corrected chi connectivity index (χ0v) is 13.1. The fourth-order valence-corrected chi connectivity index (χ4v) is 4.26. The minimum absolute atomic E-state index is 0.0667. The standard InChI is InChI=1S/C18H22O3/c1-10-14(19)9-13-16(18(13,2)3)15(10)11-5-7-12(8-6-11)17(20)21-4/h5-8,10,13,15-16H,9H2,1-4H3/t10?,13?,15?,16-/m1/s1. The van der Waals surface area contributed by atoms with Crippen molar-refractivity contribution in [2.45, 2.75) is 33.1 Å². The lowest BCUT2D eigenvalue weighted by Crippen LogP contribution is -2.26. The average Bonchev–Trinajstić information content (AvgIpc) is 3.00. The summed E-state index contributed by atoms with van der Waals surface area (Å²) in [5, 5.41) is 0. The maximum atomic E-state index is 12.3. The van der Waals surface area contributed by atoms with Gasteiger partial charge in [-0.25, -0.2) is 4.79 Å². The SMILES string of the molecule is COC(=O)c1ccc(C2C(C)C(=O)CC3[C@H]2C3(C)C)cc1. The van der Waals surface area contributed by atoms with Gasteiger partial charge < -0.3 is 4.74 Å². The summed E-state index contributed by atoms with van der Waals surface area (Å²) in [5.74, 6) is 1.50. The first-order valence-corrected chi connectivity index (χ1v) is 7.59. The van der Waals surface area contributed by atoms with Gasteiger partial charge in [-0.05, 0) is 40.9 Å². The molecule has 0 aromatic heterocycles. The van der Waals surface area contributed by atoms with Crippen molar-refractivity contribution >= 4 is 11.8 Å². The summed E-state index contributed by atoms with van der Waals surface area (Å²) in [6.45, 7) is 6.58. The van der Waals surface area contributed by atoms with Gasteiger partial charge in [0.25, 0.3) is 0 Å². The minimum Gasteiger partial charge on any atom is -0.465 e. The summed E-state index contributed by atoms with van der Waals surface area (Å²) >= 11 is 0. The molecule has 0 heterocycles. The van der Waals surface area contributed by atoms with Gasteiger partial charge in [0.15, 0.2) is 0 Å². The Bertz CT molecular complexity index is 585. The first kappa shape index (κ1) is 14.3. The van der Waals surface area contributed by atoms with Crippen LogP contribution in [0.5, 0.6) is 0 Å². The van der Waals surface area contributed by atoms with Gasteiger partial charge in [0.1, 0.15) is 5.78 Å². The van der Waals surface area contributed by atoms with Crippen LogP contribution in [-0.2, 0) is 9.53 Å². The van der Waals surface area contributed by atoms with Crippen LogP contribution in [0.25, 0.3) is 0 Å². The number of ketones is 1. The highest BCUT2D eigenvalue weighted by molar-refractivity contribution is 5.89. The molecule has 3 nitrogen and oxygen atoms in total. The van der Waals surface area contributed by atoms with Crippen molar-refractivity contribution in [2.24, 2.45) is 23.2 Å². The van der Waals surface area contributed by atoms with Crippen molar-refractivity contribution < 1.29 is 14.3 Å². The van der Waals surface area contributed by atoms with E-state index in [1.54, 1.807) is 12.1 Å². The molecule has 2 saturated carbocycles.